The Morgan fingerprint density at radius 2 is 1.54 bits per heavy atom. The monoisotopic (exact) mass is 496 g/mol. The van der Waals surface area contributed by atoms with Crippen molar-refractivity contribution in [1.82, 2.24) is 19.7 Å². The molecule has 3 heterocycles. The standard InChI is InChI=1S/C31H36N4O2/c1-24-18-25(2)20-28(19-24)22-33-16-12-31(13-17-33)29(36)34(15-7-11-26-10-6-14-32-21-26)30(37)35(31)23-27-8-4-3-5-9-27/h3-6,8-10,14,18-21H,7,11-13,15-17,22-23H2,1-2H3. The number of aromatic nitrogens is 1. The molecule has 2 saturated heterocycles. The Morgan fingerprint density at radius 1 is 0.838 bits per heavy atom. The fourth-order valence-corrected chi connectivity index (χ4v) is 5.94. The number of carbonyl (C=O) groups is 2. The van der Waals surface area contributed by atoms with Crippen LogP contribution in [0, 0.1) is 13.8 Å². The van der Waals surface area contributed by atoms with E-state index in [0.29, 0.717) is 25.9 Å². The van der Waals surface area contributed by atoms with Gasteiger partial charge in [0.2, 0.25) is 0 Å². The Labute approximate surface area is 219 Å². The van der Waals surface area contributed by atoms with E-state index >= 15 is 0 Å². The van der Waals surface area contributed by atoms with Gasteiger partial charge in [0.05, 0.1) is 0 Å². The van der Waals surface area contributed by atoms with E-state index in [2.05, 4.69) is 41.9 Å². The SMILES string of the molecule is Cc1cc(C)cc(CN2CCC3(CC2)C(=O)N(CCCc2cccnc2)C(=O)N3Cc2ccccc2)c1. The third kappa shape index (κ3) is 5.44. The lowest BCUT2D eigenvalue weighted by molar-refractivity contribution is -0.136. The molecule has 2 aliphatic heterocycles. The van der Waals surface area contributed by atoms with Crippen LogP contribution in [0.3, 0.4) is 0 Å². The predicted octanol–water partition coefficient (Wildman–Crippen LogP) is 5.13. The Bertz CT molecular complexity index is 1220. The number of piperidine rings is 1. The highest BCUT2D eigenvalue weighted by Gasteiger charge is 2.57. The van der Waals surface area contributed by atoms with Gasteiger partial charge in [-0.2, -0.15) is 0 Å². The van der Waals surface area contributed by atoms with E-state index in [1.54, 1.807) is 6.20 Å². The number of carbonyl (C=O) groups excluding carboxylic acids is 2. The topological polar surface area (TPSA) is 56.8 Å². The van der Waals surface area contributed by atoms with Crippen LogP contribution in [-0.4, -0.2) is 56.8 Å². The molecule has 1 aromatic heterocycles. The maximum Gasteiger partial charge on any atom is 0.327 e. The molecule has 0 atom stereocenters. The fraction of sp³-hybridized carbons (Fsp3) is 0.387. The summed E-state index contributed by atoms with van der Waals surface area (Å²) in [5, 5.41) is 0. The molecule has 2 fully saturated rings. The van der Waals surface area contributed by atoms with Gasteiger partial charge in [0.1, 0.15) is 5.54 Å². The van der Waals surface area contributed by atoms with E-state index in [1.807, 2.05) is 53.6 Å². The lowest BCUT2D eigenvalue weighted by atomic mass is 9.85. The summed E-state index contributed by atoms with van der Waals surface area (Å²) in [6.45, 7) is 7.62. The molecule has 0 aliphatic carbocycles. The summed E-state index contributed by atoms with van der Waals surface area (Å²) in [7, 11) is 0. The molecule has 0 radical (unpaired) electrons. The van der Waals surface area contributed by atoms with Crippen molar-refractivity contribution in [3.63, 3.8) is 0 Å². The number of nitrogens with zero attached hydrogens (tertiary/aromatic N) is 4. The van der Waals surface area contributed by atoms with Crippen molar-refractivity contribution in [3.05, 3.63) is 101 Å². The van der Waals surface area contributed by atoms with Crippen molar-refractivity contribution in [2.24, 2.45) is 0 Å². The molecule has 6 heteroatoms. The van der Waals surface area contributed by atoms with Crippen molar-refractivity contribution in [2.45, 2.75) is 58.2 Å². The molecular weight excluding hydrogens is 460 g/mol. The Morgan fingerprint density at radius 3 is 2.22 bits per heavy atom. The van der Waals surface area contributed by atoms with Crippen LogP contribution in [0.2, 0.25) is 0 Å². The van der Waals surface area contributed by atoms with Gasteiger partial charge in [0.15, 0.2) is 0 Å². The summed E-state index contributed by atoms with van der Waals surface area (Å²) < 4.78 is 0. The van der Waals surface area contributed by atoms with Crippen molar-refractivity contribution >= 4 is 11.9 Å². The van der Waals surface area contributed by atoms with Gasteiger partial charge in [-0.15, -0.1) is 0 Å². The van der Waals surface area contributed by atoms with Crippen LogP contribution in [-0.2, 0) is 24.3 Å². The summed E-state index contributed by atoms with van der Waals surface area (Å²) in [6, 6.07) is 20.5. The molecule has 0 saturated carbocycles. The van der Waals surface area contributed by atoms with Crippen LogP contribution in [0.5, 0.6) is 0 Å². The number of pyridine rings is 1. The smallest absolute Gasteiger partial charge is 0.305 e. The van der Waals surface area contributed by atoms with Gasteiger partial charge in [0, 0.05) is 45.1 Å². The summed E-state index contributed by atoms with van der Waals surface area (Å²) >= 11 is 0. The summed E-state index contributed by atoms with van der Waals surface area (Å²) in [6.07, 6.45) is 6.46. The van der Waals surface area contributed by atoms with Crippen LogP contribution in [0.15, 0.2) is 73.1 Å². The molecule has 5 rings (SSSR count). The molecule has 0 unspecified atom stereocenters. The van der Waals surface area contributed by atoms with Crippen molar-refractivity contribution < 1.29 is 9.59 Å². The Kier molecular flexibility index (Phi) is 7.38. The normalized spacial score (nSPS) is 17.7. The van der Waals surface area contributed by atoms with Crippen LogP contribution < -0.4 is 0 Å². The first kappa shape index (κ1) is 25.2. The summed E-state index contributed by atoms with van der Waals surface area (Å²) in [4.78, 5) is 37.6. The van der Waals surface area contributed by atoms with E-state index in [9.17, 15) is 9.59 Å². The first-order chi connectivity index (χ1) is 17.9. The summed E-state index contributed by atoms with van der Waals surface area (Å²) in [5.74, 6) is -0.0225. The minimum atomic E-state index is -0.764. The lowest BCUT2D eigenvalue weighted by Crippen LogP contribution is -2.56. The van der Waals surface area contributed by atoms with E-state index in [0.717, 1.165) is 43.6 Å². The Balaban J connectivity index is 1.31. The zero-order valence-electron chi connectivity index (χ0n) is 21.9. The largest absolute Gasteiger partial charge is 0.327 e. The van der Waals surface area contributed by atoms with Gasteiger partial charge in [0.25, 0.3) is 5.91 Å². The number of hydrogen-bond donors (Lipinski definition) is 0. The van der Waals surface area contributed by atoms with Gasteiger partial charge in [-0.05, 0) is 62.3 Å². The minimum Gasteiger partial charge on any atom is -0.305 e. The van der Waals surface area contributed by atoms with Crippen LogP contribution in [0.4, 0.5) is 4.79 Å². The van der Waals surface area contributed by atoms with Gasteiger partial charge >= 0.3 is 6.03 Å². The number of hydrogen-bond acceptors (Lipinski definition) is 4. The molecular formula is C31H36N4O2. The second-order valence-electron chi connectivity index (χ2n) is 10.6. The lowest BCUT2D eigenvalue weighted by Gasteiger charge is -2.42. The number of benzene rings is 2. The van der Waals surface area contributed by atoms with Gasteiger partial charge in [-0.3, -0.25) is 19.6 Å². The highest BCUT2D eigenvalue weighted by molar-refractivity contribution is 6.07. The highest BCUT2D eigenvalue weighted by Crippen LogP contribution is 2.39. The number of amides is 3. The maximum absolute atomic E-state index is 13.9. The quantitative estimate of drug-likeness (QED) is 0.406. The average molecular weight is 497 g/mol. The highest BCUT2D eigenvalue weighted by atomic mass is 16.2. The molecule has 3 amide bonds. The summed E-state index contributed by atoms with van der Waals surface area (Å²) in [5.41, 5.74) is 5.27. The van der Waals surface area contributed by atoms with Crippen LogP contribution >= 0.6 is 0 Å². The molecule has 2 aromatic carbocycles. The number of likely N-dealkylation sites (tertiary alicyclic amines) is 1. The van der Waals surface area contributed by atoms with E-state index in [4.69, 9.17) is 0 Å². The zero-order valence-corrected chi connectivity index (χ0v) is 21.9. The Hall–Kier alpha value is -3.51. The first-order valence-corrected chi connectivity index (χ1v) is 13.3. The van der Waals surface area contributed by atoms with Crippen molar-refractivity contribution in [3.8, 4) is 0 Å². The number of rotatable bonds is 8. The third-order valence-electron chi connectivity index (χ3n) is 7.75. The first-order valence-electron chi connectivity index (χ1n) is 13.3. The second-order valence-corrected chi connectivity index (χ2v) is 10.6. The maximum atomic E-state index is 13.9. The molecule has 3 aromatic rings. The molecule has 6 nitrogen and oxygen atoms in total. The van der Waals surface area contributed by atoms with Crippen LogP contribution in [0.1, 0.15) is 47.1 Å². The van der Waals surface area contributed by atoms with Crippen molar-refractivity contribution in [2.75, 3.05) is 19.6 Å². The third-order valence-corrected chi connectivity index (χ3v) is 7.75. The second kappa shape index (κ2) is 10.9. The fourth-order valence-electron chi connectivity index (χ4n) is 5.94. The van der Waals surface area contributed by atoms with Gasteiger partial charge in [-0.1, -0.05) is 65.7 Å². The molecule has 192 valence electrons. The van der Waals surface area contributed by atoms with E-state index < -0.39 is 5.54 Å². The molecule has 1 spiro atoms. The minimum absolute atomic E-state index is 0.0225. The van der Waals surface area contributed by atoms with Crippen molar-refractivity contribution in [1.29, 1.82) is 0 Å². The molecule has 37 heavy (non-hydrogen) atoms. The average Bonchev–Trinajstić information content (AvgIpc) is 3.07. The molecule has 0 bridgehead atoms. The zero-order chi connectivity index (χ0) is 25.8. The van der Waals surface area contributed by atoms with Crippen LogP contribution in [0.25, 0.3) is 0 Å². The number of imide groups is 1. The van der Waals surface area contributed by atoms with E-state index in [-0.39, 0.29) is 11.9 Å². The predicted molar refractivity (Wildman–Crippen MR) is 145 cm³/mol. The molecule has 2 aliphatic rings. The number of urea groups is 1. The molecule has 0 N–H and O–H groups in total. The van der Waals surface area contributed by atoms with Gasteiger partial charge in [-0.25, -0.2) is 4.79 Å². The number of aryl methyl sites for hydroxylation is 3. The van der Waals surface area contributed by atoms with Gasteiger partial charge < -0.3 is 4.90 Å². The van der Waals surface area contributed by atoms with E-state index in [1.165, 1.54) is 21.6 Å².